The van der Waals surface area contributed by atoms with E-state index >= 15 is 0 Å². The molecule has 2 heterocycles. The topological polar surface area (TPSA) is 42.2 Å². The van der Waals surface area contributed by atoms with Gasteiger partial charge in [-0.2, -0.15) is 11.8 Å². The number of rotatable bonds is 2. The molecule has 5 heteroatoms. The molecule has 1 aromatic rings. The number of hydrogen-bond donors (Lipinski definition) is 1. The molecule has 2 aliphatic rings. The summed E-state index contributed by atoms with van der Waals surface area (Å²) in [5, 5.41) is 0.609. The van der Waals surface area contributed by atoms with Gasteiger partial charge in [0, 0.05) is 29.3 Å². The Bertz CT molecular complexity index is 544. The molecule has 0 amide bonds. The van der Waals surface area contributed by atoms with E-state index < -0.39 is 0 Å². The Labute approximate surface area is 130 Å². The molecule has 1 aliphatic heterocycles. The molecule has 1 saturated heterocycles. The van der Waals surface area contributed by atoms with E-state index in [1.807, 2.05) is 11.8 Å². The number of anilines is 1. The van der Waals surface area contributed by atoms with Crippen molar-refractivity contribution in [3.05, 3.63) is 22.9 Å². The van der Waals surface area contributed by atoms with Gasteiger partial charge in [-0.3, -0.25) is 0 Å². The second-order valence-corrected chi connectivity index (χ2v) is 7.62. The minimum Gasteiger partial charge on any atom is -0.389 e. The number of nitrogens with two attached hydrogens (primary N) is 1. The van der Waals surface area contributed by atoms with Crippen LogP contribution in [0.2, 0.25) is 0 Å². The average molecular weight is 307 g/mol. The van der Waals surface area contributed by atoms with E-state index in [1.54, 1.807) is 0 Å². The van der Waals surface area contributed by atoms with E-state index in [-0.39, 0.29) is 0 Å². The minimum atomic E-state index is 0.466. The number of thiocarbonyl (C=S) groups is 1. The Balaban J connectivity index is 2.05. The van der Waals surface area contributed by atoms with Crippen LogP contribution in [0.15, 0.2) is 6.07 Å². The van der Waals surface area contributed by atoms with Crippen LogP contribution in [0.25, 0.3) is 0 Å². The molecule has 1 fully saturated rings. The lowest BCUT2D eigenvalue weighted by Crippen LogP contribution is -2.46. The third-order valence-corrected chi connectivity index (χ3v) is 6.01. The molecule has 0 bridgehead atoms. The lowest BCUT2D eigenvalue weighted by molar-refractivity contribution is 0.619. The van der Waals surface area contributed by atoms with Crippen molar-refractivity contribution in [3.8, 4) is 0 Å². The van der Waals surface area contributed by atoms with Crippen molar-refractivity contribution in [3.63, 3.8) is 0 Å². The Morgan fingerprint density at radius 3 is 3.00 bits per heavy atom. The van der Waals surface area contributed by atoms with Crippen molar-refractivity contribution in [1.82, 2.24) is 4.98 Å². The molecule has 108 valence electrons. The number of aryl methyl sites for hydroxylation is 2. The van der Waals surface area contributed by atoms with E-state index in [0.717, 1.165) is 36.5 Å². The lowest BCUT2D eigenvalue weighted by atomic mass is 10.1. The summed E-state index contributed by atoms with van der Waals surface area (Å²) in [4.78, 5) is 7.80. The largest absolute Gasteiger partial charge is 0.389 e. The molecule has 0 saturated carbocycles. The molecule has 3 rings (SSSR count). The molecule has 0 aromatic carbocycles. The standard InChI is InChI=1S/C15H21N3S2/c1-9-10(2)20-7-6-18(9)15-12(14(16)19)8-11-4-3-5-13(11)17-15/h8-10H,3-7H2,1-2H3,(H2,16,19). The first-order valence-corrected chi connectivity index (χ1v) is 8.74. The quantitative estimate of drug-likeness (QED) is 0.851. The summed E-state index contributed by atoms with van der Waals surface area (Å²) in [6, 6.07) is 2.65. The number of pyridine rings is 1. The fourth-order valence-corrected chi connectivity index (χ4v) is 4.34. The Hall–Kier alpha value is -0.810. The molecule has 1 aromatic heterocycles. The van der Waals surface area contributed by atoms with E-state index in [2.05, 4.69) is 24.8 Å². The predicted octanol–water partition coefficient (Wildman–Crippen LogP) is 2.53. The predicted molar refractivity (Wildman–Crippen MR) is 90.9 cm³/mol. The summed E-state index contributed by atoms with van der Waals surface area (Å²) in [6.45, 7) is 5.59. The summed E-state index contributed by atoms with van der Waals surface area (Å²) >= 11 is 7.29. The fraction of sp³-hybridized carbons (Fsp3) is 0.600. The molecular formula is C15H21N3S2. The van der Waals surface area contributed by atoms with Gasteiger partial charge in [-0.25, -0.2) is 4.98 Å². The average Bonchev–Trinajstić information content (AvgIpc) is 2.87. The van der Waals surface area contributed by atoms with E-state index in [4.69, 9.17) is 22.9 Å². The lowest BCUT2D eigenvalue weighted by Gasteiger charge is -2.39. The molecule has 3 nitrogen and oxygen atoms in total. The maximum Gasteiger partial charge on any atom is 0.139 e. The first-order chi connectivity index (χ1) is 9.58. The summed E-state index contributed by atoms with van der Waals surface area (Å²) in [7, 11) is 0. The third-order valence-electron chi connectivity index (χ3n) is 4.45. The van der Waals surface area contributed by atoms with Crippen molar-refractivity contribution in [2.24, 2.45) is 5.73 Å². The van der Waals surface area contributed by atoms with Gasteiger partial charge in [-0.1, -0.05) is 19.1 Å². The van der Waals surface area contributed by atoms with Crippen molar-refractivity contribution in [2.75, 3.05) is 17.2 Å². The van der Waals surface area contributed by atoms with Gasteiger partial charge in [0.2, 0.25) is 0 Å². The van der Waals surface area contributed by atoms with Crippen molar-refractivity contribution < 1.29 is 0 Å². The molecule has 1 aliphatic carbocycles. The van der Waals surface area contributed by atoms with Crippen LogP contribution in [-0.2, 0) is 12.8 Å². The van der Waals surface area contributed by atoms with E-state index in [0.29, 0.717) is 16.3 Å². The maximum absolute atomic E-state index is 5.95. The second-order valence-electron chi connectivity index (χ2n) is 5.69. The van der Waals surface area contributed by atoms with Gasteiger partial charge >= 0.3 is 0 Å². The summed E-state index contributed by atoms with van der Waals surface area (Å²) < 4.78 is 0. The van der Waals surface area contributed by atoms with Crippen LogP contribution in [-0.4, -0.2) is 33.6 Å². The Morgan fingerprint density at radius 2 is 2.25 bits per heavy atom. The van der Waals surface area contributed by atoms with Crippen LogP contribution >= 0.6 is 24.0 Å². The molecule has 2 unspecified atom stereocenters. The molecule has 20 heavy (non-hydrogen) atoms. The van der Waals surface area contributed by atoms with Gasteiger partial charge in [0.1, 0.15) is 10.8 Å². The number of aromatic nitrogens is 1. The van der Waals surface area contributed by atoms with Crippen LogP contribution in [0.3, 0.4) is 0 Å². The maximum atomic E-state index is 5.95. The zero-order chi connectivity index (χ0) is 14.3. The van der Waals surface area contributed by atoms with Crippen LogP contribution < -0.4 is 10.6 Å². The fourth-order valence-electron chi connectivity index (χ4n) is 3.09. The zero-order valence-corrected chi connectivity index (χ0v) is 13.7. The summed E-state index contributed by atoms with van der Waals surface area (Å²) in [5.41, 5.74) is 9.50. The highest BCUT2D eigenvalue weighted by Gasteiger charge is 2.29. The number of fused-ring (bicyclic) bond motifs is 1. The van der Waals surface area contributed by atoms with E-state index in [9.17, 15) is 0 Å². The van der Waals surface area contributed by atoms with Gasteiger partial charge in [-0.05, 0) is 37.8 Å². The highest BCUT2D eigenvalue weighted by Crippen LogP contribution is 2.33. The van der Waals surface area contributed by atoms with Crippen LogP contribution in [0.4, 0.5) is 5.82 Å². The molecule has 2 N–H and O–H groups in total. The van der Waals surface area contributed by atoms with Gasteiger partial charge in [0.15, 0.2) is 0 Å². The zero-order valence-electron chi connectivity index (χ0n) is 12.1. The van der Waals surface area contributed by atoms with Crippen molar-refractivity contribution in [2.45, 2.75) is 44.4 Å². The number of thioether (sulfide) groups is 1. The highest BCUT2D eigenvalue weighted by atomic mass is 32.2. The molecule has 0 spiro atoms. The monoisotopic (exact) mass is 307 g/mol. The Kier molecular flexibility index (Phi) is 3.91. The first-order valence-electron chi connectivity index (χ1n) is 7.28. The third kappa shape index (κ3) is 2.42. The van der Waals surface area contributed by atoms with E-state index in [1.165, 1.54) is 17.7 Å². The number of nitrogens with zero attached hydrogens (tertiary/aromatic N) is 2. The summed E-state index contributed by atoms with van der Waals surface area (Å²) in [5.74, 6) is 2.15. The minimum absolute atomic E-state index is 0.466. The Morgan fingerprint density at radius 1 is 1.45 bits per heavy atom. The number of hydrogen-bond acceptors (Lipinski definition) is 4. The smallest absolute Gasteiger partial charge is 0.139 e. The normalized spacial score (nSPS) is 25.6. The first kappa shape index (κ1) is 14.1. The van der Waals surface area contributed by atoms with Crippen molar-refractivity contribution >= 4 is 34.8 Å². The highest BCUT2D eigenvalue weighted by molar-refractivity contribution is 8.00. The van der Waals surface area contributed by atoms with Gasteiger partial charge < -0.3 is 10.6 Å². The molecule has 2 atom stereocenters. The van der Waals surface area contributed by atoms with Crippen LogP contribution in [0.5, 0.6) is 0 Å². The molecular weight excluding hydrogens is 286 g/mol. The van der Waals surface area contributed by atoms with Gasteiger partial charge in [0.05, 0.1) is 5.56 Å². The second kappa shape index (κ2) is 5.53. The molecule has 0 radical (unpaired) electrons. The van der Waals surface area contributed by atoms with Gasteiger partial charge in [-0.15, -0.1) is 0 Å². The van der Waals surface area contributed by atoms with Crippen LogP contribution in [0, 0.1) is 0 Å². The SMILES string of the molecule is CC1SCCN(c2nc3c(cc2C(N)=S)CCC3)C1C. The van der Waals surface area contributed by atoms with Gasteiger partial charge in [0.25, 0.3) is 0 Å². The van der Waals surface area contributed by atoms with Crippen molar-refractivity contribution in [1.29, 1.82) is 0 Å². The summed E-state index contributed by atoms with van der Waals surface area (Å²) in [6.07, 6.45) is 3.40. The van der Waals surface area contributed by atoms with Crippen LogP contribution in [0.1, 0.15) is 37.1 Å².